The van der Waals surface area contributed by atoms with Gasteiger partial charge in [-0.1, -0.05) is 0 Å². The van der Waals surface area contributed by atoms with E-state index in [0.29, 0.717) is 0 Å². The second-order valence-corrected chi connectivity index (χ2v) is 7.21. The van der Waals surface area contributed by atoms with Crippen LogP contribution in [-0.4, -0.2) is 59.9 Å². The fraction of sp³-hybridized carbons (Fsp3) is 0.556. The minimum atomic E-state index is 0. The fourth-order valence-electron chi connectivity index (χ4n) is 3.08. The Labute approximate surface area is 177 Å². The first-order valence-corrected chi connectivity index (χ1v) is 9.93. The number of aryl methyl sites for hydroxylation is 2. The van der Waals surface area contributed by atoms with E-state index in [0.717, 1.165) is 58.1 Å². The molecule has 3 rings (SSSR count). The normalized spacial score (nSPS) is 15.1. The van der Waals surface area contributed by atoms with Crippen molar-refractivity contribution in [1.29, 1.82) is 0 Å². The van der Waals surface area contributed by atoms with Gasteiger partial charge < -0.3 is 15.1 Å². The lowest BCUT2D eigenvalue weighted by Crippen LogP contribution is -2.52. The molecule has 144 valence electrons. The van der Waals surface area contributed by atoms with Crippen LogP contribution in [0.5, 0.6) is 0 Å². The maximum absolute atomic E-state index is 4.84. The molecule has 2 aromatic heterocycles. The number of nitrogens with one attached hydrogen (secondary N) is 1. The van der Waals surface area contributed by atoms with E-state index in [1.165, 1.54) is 10.6 Å². The Kier molecular flexibility index (Phi) is 8.70. The molecule has 6 nitrogen and oxygen atoms in total. The molecule has 0 atom stereocenters. The molecule has 1 N–H and O–H groups in total. The third-order valence-corrected chi connectivity index (χ3v) is 5.30. The first-order valence-electron chi connectivity index (χ1n) is 9.05. The molecule has 3 heterocycles. The summed E-state index contributed by atoms with van der Waals surface area (Å²) >= 11 is 1.82. The van der Waals surface area contributed by atoms with Crippen molar-refractivity contribution in [3.05, 3.63) is 35.5 Å². The lowest BCUT2D eigenvalue weighted by Gasteiger charge is -2.37. The molecule has 0 bridgehead atoms. The van der Waals surface area contributed by atoms with Gasteiger partial charge in [0.2, 0.25) is 0 Å². The minimum absolute atomic E-state index is 0. The van der Waals surface area contributed by atoms with Gasteiger partial charge in [0.15, 0.2) is 5.96 Å². The molecular formula is C18H29IN6S. The highest BCUT2D eigenvalue weighted by Gasteiger charge is 2.20. The highest BCUT2D eigenvalue weighted by molar-refractivity contribution is 14.0. The third-order valence-electron chi connectivity index (χ3n) is 4.38. The number of aromatic nitrogens is 2. The van der Waals surface area contributed by atoms with Crippen molar-refractivity contribution >= 4 is 46.3 Å². The average Bonchev–Trinajstić information content (AvgIpc) is 3.30. The van der Waals surface area contributed by atoms with E-state index in [1.54, 1.807) is 0 Å². The summed E-state index contributed by atoms with van der Waals surface area (Å²) in [7, 11) is 1.96. The smallest absolute Gasteiger partial charge is 0.194 e. The number of halogens is 1. The maximum Gasteiger partial charge on any atom is 0.194 e. The molecular weight excluding hydrogens is 459 g/mol. The van der Waals surface area contributed by atoms with Gasteiger partial charge in [0.05, 0.1) is 11.2 Å². The van der Waals surface area contributed by atoms with E-state index >= 15 is 0 Å². The van der Waals surface area contributed by atoms with Gasteiger partial charge in [-0.15, -0.1) is 35.3 Å². The number of guanidine groups is 1. The topological polar surface area (TPSA) is 48.7 Å². The van der Waals surface area contributed by atoms with Gasteiger partial charge in [0.1, 0.15) is 0 Å². The summed E-state index contributed by atoms with van der Waals surface area (Å²) in [5.41, 5.74) is 1.28. The van der Waals surface area contributed by atoms with Crippen LogP contribution in [0.25, 0.3) is 0 Å². The van der Waals surface area contributed by atoms with Crippen molar-refractivity contribution < 1.29 is 0 Å². The van der Waals surface area contributed by atoms with Crippen molar-refractivity contribution in [2.45, 2.75) is 19.8 Å². The number of thiophene rings is 1. The minimum Gasteiger partial charge on any atom is -0.360 e. The molecule has 0 aliphatic carbocycles. The lowest BCUT2D eigenvalue weighted by molar-refractivity contribution is 0.373. The fourth-order valence-corrected chi connectivity index (χ4v) is 3.87. The van der Waals surface area contributed by atoms with Gasteiger partial charge in [-0.2, -0.15) is 5.10 Å². The Morgan fingerprint density at radius 1 is 1.31 bits per heavy atom. The molecule has 8 heteroatoms. The molecule has 0 amide bonds. The zero-order valence-electron chi connectivity index (χ0n) is 15.6. The van der Waals surface area contributed by atoms with Crippen LogP contribution in [0.3, 0.4) is 0 Å². The van der Waals surface area contributed by atoms with Crippen LogP contribution in [0.4, 0.5) is 5.00 Å². The van der Waals surface area contributed by atoms with Crippen molar-refractivity contribution in [1.82, 2.24) is 20.0 Å². The van der Waals surface area contributed by atoms with Gasteiger partial charge in [-0.25, -0.2) is 0 Å². The highest BCUT2D eigenvalue weighted by Crippen LogP contribution is 2.22. The Morgan fingerprint density at radius 3 is 2.73 bits per heavy atom. The molecule has 0 saturated carbocycles. The number of hydrogen-bond acceptors (Lipinski definition) is 4. The highest BCUT2D eigenvalue weighted by atomic mass is 127. The number of aliphatic imine (C=N–C) groups is 1. The summed E-state index contributed by atoms with van der Waals surface area (Å²) in [6.07, 6.45) is 6.11. The molecule has 0 aromatic carbocycles. The first-order chi connectivity index (χ1) is 12.3. The quantitative estimate of drug-likeness (QED) is 0.294. The van der Waals surface area contributed by atoms with E-state index in [2.05, 4.69) is 50.8 Å². The predicted molar refractivity (Wildman–Crippen MR) is 121 cm³/mol. The van der Waals surface area contributed by atoms with Crippen molar-refractivity contribution in [2.24, 2.45) is 12.0 Å². The van der Waals surface area contributed by atoms with Crippen molar-refractivity contribution in [2.75, 3.05) is 44.2 Å². The predicted octanol–water partition coefficient (Wildman–Crippen LogP) is 2.82. The van der Waals surface area contributed by atoms with Gasteiger partial charge in [0, 0.05) is 52.5 Å². The van der Waals surface area contributed by atoms with Crippen LogP contribution >= 0.6 is 35.3 Å². The van der Waals surface area contributed by atoms with Crippen LogP contribution in [-0.2, 0) is 13.5 Å². The number of hydrogen-bond donors (Lipinski definition) is 1. The largest absolute Gasteiger partial charge is 0.360 e. The summed E-state index contributed by atoms with van der Waals surface area (Å²) < 4.78 is 1.86. The molecule has 2 aromatic rings. The number of piperazine rings is 1. The van der Waals surface area contributed by atoms with Crippen LogP contribution in [0, 0.1) is 0 Å². The Balaban J connectivity index is 0.00000243. The van der Waals surface area contributed by atoms with Crippen LogP contribution in [0.1, 0.15) is 18.9 Å². The summed E-state index contributed by atoms with van der Waals surface area (Å²) in [5, 5.41) is 11.2. The third kappa shape index (κ3) is 5.87. The van der Waals surface area contributed by atoms with Gasteiger partial charge in [-0.3, -0.25) is 9.67 Å². The van der Waals surface area contributed by atoms with Crippen molar-refractivity contribution in [3.63, 3.8) is 0 Å². The van der Waals surface area contributed by atoms with Crippen LogP contribution in [0.15, 0.2) is 34.9 Å². The van der Waals surface area contributed by atoms with E-state index in [1.807, 2.05) is 29.3 Å². The summed E-state index contributed by atoms with van der Waals surface area (Å²) in [6.45, 7) is 8.04. The number of rotatable bonds is 6. The monoisotopic (exact) mass is 488 g/mol. The van der Waals surface area contributed by atoms with E-state index in [9.17, 15) is 0 Å². The zero-order chi connectivity index (χ0) is 17.5. The Morgan fingerprint density at radius 2 is 2.12 bits per heavy atom. The second-order valence-electron chi connectivity index (χ2n) is 6.29. The summed E-state index contributed by atoms with van der Waals surface area (Å²) in [6, 6.07) is 4.33. The standard InChI is InChI=1S/C18H28N6S.HI/c1-3-19-18(20-8-4-6-16-14-21-22(2)15-16)24-11-9-23(10-12-24)17-7-5-13-25-17;/h5,7,13-15H,3-4,6,8-12H2,1-2H3,(H,19,20);1H. The molecule has 26 heavy (non-hydrogen) atoms. The van der Waals surface area contributed by atoms with E-state index < -0.39 is 0 Å². The van der Waals surface area contributed by atoms with E-state index in [-0.39, 0.29) is 24.0 Å². The van der Waals surface area contributed by atoms with E-state index in [4.69, 9.17) is 4.99 Å². The molecule has 1 fully saturated rings. The summed E-state index contributed by atoms with van der Waals surface area (Å²) in [4.78, 5) is 9.69. The number of anilines is 1. The molecule has 0 radical (unpaired) electrons. The first kappa shape index (κ1) is 21.0. The molecule has 1 aliphatic rings. The second kappa shape index (κ2) is 10.8. The van der Waals surface area contributed by atoms with Crippen LogP contribution < -0.4 is 10.2 Å². The molecule has 0 spiro atoms. The van der Waals surface area contributed by atoms with Crippen LogP contribution in [0.2, 0.25) is 0 Å². The molecule has 1 aliphatic heterocycles. The SMILES string of the molecule is CCNC(=NCCCc1cnn(C)c1)N1CCN(c2cccs2)CC1.I. The van der Waals surface area contributed by atoms with Gasteiger partial charge in [0.25, 0.3) is 0 Å². The van der Waals surface area contributed by atoms with Gasteiger partial charge in [-0.05, 0) is 42.8 Å². The van der Waals surface area contributed by atoms with Crippen molar-refractivity contribution in [3.8, 4) is 0 Å². The lowest BCUT2D eigenvalue weighted by atomic mass is 10.2. The Hall–Kier alpha value is -1.29. The maximum atomic E-state index is 4.84. The Bertz CT molecular complexity index is 661. The summed E-state index contributed by atoms with van der Waals surface area (Å²) in [5.74, 6) is 1.06. The molecule has 1 saturated heterocycles. The average molecular weight is 488 g/mol. The zero-order valence-corrected chi connectivity index (χ0v) is 18.7. The number of nitrogens with zero attached hydrogens (tertiary/aromatic N) is 5. The molecule has 0 unspecified atom stereocenters. The van der Waals surface area contributed by atoms with Gasteiger partial charge >= 0.3 is 0 Å².